The number of phenols is 2. The zero-order valence-electron chi connectivity index (χ0n) is 12.2. The summed E-state index contributed by atoms with van der Waals surface area (Å²) in [5.41, 5.74) is 1.67. The molecule has 0 aliphatic rings. The van der Waals surface area contributed by atoms with Crippen LogP contribution in [0.3, 0.4) is 0 Å². The van der Waals surface area contributed by atoms with E-state index >= 15 is 0 Å². The van der Waals surface area contributed by atoms with Gasteiger partial charge in [0.2, 0.25) is 11.8 Å². The molecule has 4 N–H and O–H groups in total. The minimum absolute atomic E-state index is 0.0515. The molecule has 2 aromatic carbocycles. The van der Waals surface area contributed by atoms with Gasteiger partial charge in [-0.05, 0) is 36.4 Å². The molecule has 0 spiro atoms. The molecule has 0 unspecified atom stereocenters. The van der Waals surface area contributed by atoms with Crippen LogP contribution in [0, 0.1) is 0 Å². The number of phenolic OH excluding ortho intramolecular Hbond substituents is 2. The number of hydrogen-bond donors (Lipinski definition) is 4. The summed E-state index contributed by atoms with van der Waals surface area (Å²) in [6.07, 6.45) is 0. The zero-order valence-corrected chi connectivity index (χ0v) is 12.2. The van der Waals surface area contributed by atoms with Crippen molar-refractivity contribution >= 4 is 23.2 Å². The Hall–Kier alpha value is -3.02. The second kappa shape index (κ2) is 6.17. The summed E-state index contributed by atoms with van der Waals surface area (Å²) in [6, 6.07) is 9.03. The van der Waals surface area contributed by atoms with E-state index < -0.39 is 0 Å². The normalized spacial score (nSPS) is 10.1. The predicted octanol–water partition coefficient (Wildman–Crippen LogP) is 2.68. The summed E-state index contributed by atoms with van der Waals surface area (Å²) >= 11 is 0. The minimum Gasteiger partial charge on any atom is -0.507 e. The van der Waals surface area contributed by atoms with Gasteiger partial charge < -0.3 is 20.8 Å². The minimum atomic E-state index is -0.243. The van der Waals surface area contributed by atoms with Gasteiger partial charge in [-0.25, -0.2) is 0 Å². The van der Waals surface area contributed by atoms with Gasteiger partial charge in [0.1, 0.15) is 11.5 Å². The molecule has 0 atom stereocenters. The van der Waals surface area contributed by atoms with Gasteiger partial charge in [0.25, 0.3) is 0 Å². The molecule has 0 fully saturated rings. The van der Waals surface area contributed by atoms with Gasteiger partial charge in [-0.2, -0.15) is 0 Å². The largest absolute Gasteiger partial charge is 0.507 e. The molecule has 0 heterocycles. The van der Waals surface area contributed by atoms with Crippen molar-refractivity contribution in [3.8, 4) is 22.6 Å². The smallest absolute Gasteiger partial charge is 0.221 e. The summed E-state index contributed by atoms with van der Waals surface area (Å²) in [7, 11) is 0. The van der Waals surface area contributed by atoms with E-state index in [0.717, 1.165) is 0 Å². The van der Waals surface area contributed by atoms with Crippen molar-refractivity contribution in [2.45, 2.75) is 13.8 Å². The lowest BCUT2D eigenvalue weighted by atomic mass is 10.0. The van der Waals surface area contributed by atoms with E-state index in [1.807, 2.05) is 0 Å². The van der Waals surface area contributed by atoms with Crippen molar-refractivity contribution in [2.24, 2.45) is 0 Å². The van der Waals surface area contributed by atoms with Crippen molar-refractivity contribution < 1.29 is 19.8 Å². The maximum Gasteiger partial charge on any atom is 0.221 e. The van der Waals surface area contributed by atoms with E-state index in [1.165, 1.54) is 26.0 Å². The predicted molar refractivity (Wildman–Crippen MR) is 83.8 cm³/mol. The highest BCUT2D eigenvalue weighted by Crippen LogP contribution is 2.38. The molecule has 0 aromatic heterocycles. The molecule has 6 nitrogen and oxygen atoms in total. The summed E-state index contributed by atoms with van der Waals surface area (Å²) < 4.78 is 0. The average Bonchev–Trinajstić information content (AvgIpc) is 2.42. The molecular formula is C16H16N2O4. The van der Waals surface area contributed by atoms with Crippen LogP contribution < -0.4 is 10.6 Å². The maximum atomic E-state index is 11.1. The number of carbonyl (C=O) groups excluding carboxylic acids is 2. The molecule has 6 heteroatoms. The SMILES string of the molecule is CC(=O)Nc1ccc(O)c(-c2cc(NC(C)=O)ccc2O)c1. The third-order valence-electron chi connectivity index (χ3n) is 2.92. The fraction of sp³-hybridized carbons (Fsp3) is 0.125. The molecule has 0 saturated carbocycles. The average molecular weight is 300 g/mol. The zero-order chi connectivity index (χ0) is 16.3. The number of carbonyl (C=O) groups is 2. The van der Waals surface area contributed by atoms with Crippen LogP contribution in [0.1, 0.15) is 13.8 Å². The van der Waals surface area contributed by atoms with Gasteiger partial charge in [-0.1, -0.05) is 0 Å². The van der Waals surface area contributed by atoms with E-state index in [0.29, 0.717) is 22.5 Å². The monoisotopic (exact) mass is 300 g/mol. The highest BCUT2D eigenvalue weighted by Gasteiger charge is 2.12. The summed E-state index contributed by atoms with van der Waals surface area (Å²) in [6.45, 7) is 2.75. The molecular weight excluding hydrogens is 284 g/mol. The first-order chi connectivity index (χ1) is 10.4. The lowest BCUT2D eigenvalue weighted by Gasteiger charge is -2.12. The van der Waals surface area contributed by atoms with Crippen LogP contribution in [0.4, 0.5) is 11.4 Å². The number of rotatable bonds is 3. The fourth-order valence-corrected chi connectivity index (χ4v) is 2.07. The molecule has 114 valence electrons. The van der Waals surface area contributed by atoms with E-state index in [2.05, 4.69) is 10.6 Å². The highest BCUT2D eigenvalue weighted by atomic mass is 16.3. The standard InChI is InChI=1S/C16H16N2O4/c1-9(19)17-11-3-5-15(21)13(7-11)14-8-12(18-10(2)20)4-6-16(14)22/h3-8,21-22H,1-2H3,(H,17,19)(H,18,20). The van der Waals surface area contributed by atoms with Crippen molar-refractivity contribution in [1.29, 1.82) is 0 Å². The highest BCUT2D eigenvalue weighted by molar-refractivity contribution is 5.92. The van der Waals surface area contributed by atoms with E-state index in [1.54, 1.807) is 24.3 Å². The molecule has 2 amide bonds. The van der Waals surface area contributed by atoms with Gasteiger partial charge >= 0.3 is 0 Å². The van der Waals surface area contributed by atoms with E-state index in [-0.39, 0.29) is 23.3 Å². The van der Waals surface area contributed by atoms with Gasteiger partial charge in [-0.15, -0.1) is 0 Å². The maximum absolute atomic E-state index is 11.1. The van der Waals surface area contributed by atoms with Crippen LogP contribution in [0.15, 0.2) is 36.4 Å². The van der Waals surface area contributed by atoms with Gasteiger partial charge in [0.05, 0.1) is 0 Å². The summed E-state index contributed by atoms with van der Waals surface area (Å²) in [5, 5.41) is 25.2. The van der Waals surface area contributed by atoms with Crippen LogP contribution in [0.25, 0.3) is 11.1 Å². The Bertz CT molecular complexity index is 677. The first kappa shape index (κ1) is 15.4. The number of aromatic hydroxyl groups is 2. The van der Waals surface area contributed by atoms with Crippen LogP contribution >= 0.6 is 0 Å². The van der Waals surface area contributed by atoms with Crippen LogP contribution in [-0.4, -0.2) is 22.0 Å². The number of benzene rings is 2. The third-order valence-corrected chi connectivity index (χ3v) is 2.92. The molecule has 0 aliphatic carbocycles. The molecule has 0 bridgehead atoms. The van der Waals surface area contributed by atoms with Crippen molar-refractivity contribution in [3.05, 3.63) is 36.4 Å². The topological polar surface area (TPSA) is 98.7 Å². The Morgan fingerprint density at radius 3 is 1.45 bits per heavy atom. The summed E-state index contributed by atoms with van der Waals surface area (Å²) in [4.78, 5) is 22.2. The first-order valence-electron chi connectivity index (χ1n) is 6.58. The van der Waals surface area contributed by atoms with Gasteiger partial charge in [0, 0.05) is 36.3 Å². The molecule has 0 aliphatic heterocycles. The molecule has 0 radical (unpaired) electrons. The van der Waals surface area contributed by atoms with Crippen LogP contribution in [0.5, 0.6) is 11.5 Å². The molecule has 22 heavy (non-hydrogen) atoms. The molecule has 2 aromatic rings. The van der Waals surface area contributed by atoms with E-state index in [9.17, 15) is 19.8 Å². The second-order valence-electron chi connectivity index (χ2n) is 4.83. The Balaban J connectivity index is 2.50. The fourth-order valence-electron chi connectivity index (χ4n) is 2.07. The number of amides is 2. The van der Waals surface area contributed by atoms with E-state index in [4.69, 9.17) is 0 Å². The number of anilines is 2. The van der Waals surface area contributed by atoms with Crippen LogP contribution in [0.2, 0.25) is 0 Å². The Kier molecular flexibility index (Phi) is 4.31. The van der Waals surface area contributed by atoms with Crippen molar-refractivity contribution in [1.82, 2.24) is 0 Å². The Labute approximate surface area is 127 Å². The lowest BCUT2D eigenvalue weighted by molar-refractivity contribution is -0.115. The second-order valence-corrected chi connectivity index (χ2v) is 4.83. The summed E-state index contributed by atoms with van der Waals surface area (Å²) in [5.74, 6) is -0.588. The number of hydrogen-bond acceptors (Lipinski definition) is 4. The number of nitrogens with one attached hydrogen (secondary N) is 2. The van der Waals surface area contributed by atoms with Gasteiger partial charge in [-0.3, -0.25) is 9.59 Å². The van der Waals surface area contributed by atoms with Crippen LogP contribution in [-0.2, 0) is 9.59 Å². The lowest BCUT2D eigenvalue weighted by Crippen LogP contribution is -2.06. The first-order valence-corrected chi connectivity index (χ1v) is 6.58. The van der Waals surface area contributed by atoms with Gasteiger partial charge in [0.15, 0.2) is 0 Å². The van der Waals surface area contributed by atoms with Crippen molar-refractivity contribution in [2.75, 3.05) is 10.6 Å². The quantitative estimate of drug-likeness (QED) is 0.655. The Morgan fingerprint density at radius 2 is 1.14 bits per heavy atom. The molecule has 2 rings (SSSR count). The third kappa shape index (κ3) is 3.54. The Morgan fingerprint density at radius 1 is 0.773 bits per heavy atom. The molecule has 0 saturated heterocycles. The van der Waals surface area contributed by atoms with Crippen molar-refractivity contribution in [3.63, 3.8) is 0 Å².